The Morgan fingerprint density at radius 1 is 0.963 bits per heavy atom. The van der Waals surface area contributed by atoms with Crippen molar-refractivity contribution in [3.63, 3.8) is 0 Å². The lowest BCUT2D eigenvalue weighted by molar-refractivity contribution is 0.290. The molecular formula is C23H21NO3. The monoisotopic (exact) mass is 359 g/mol. The summed E-state index contributed by atoms with van der Waals surface area (Å²) in [5.41, 5.74) is 2.91. The van der Waals surface area contributed by atoms with Crippen LogP contribution in [0.15, 0.2) is 82.0 Å². The zero-order chi connectivity index (χ0) is 18.8. The fourth-order valence-corrected chi connectivity index (χ4v) is 3.65. The first-order valence-corrected chi connectivity index (χ1v) is 8.99. The first-order valence-electron chi connectivity index (χ1n) is 8.99. The molecule has 1 unspecified atom stereocenters. The van der Waals surface area contributed by atoms with Crippen LogP contribution in [0, 0.1) is 0 Å². The van der Waals surface area contributed by atoms with Crippen molar-refractivity contribution in [2.75, 3.05) is 7.11 Å². The predicted molar refractivity (Wildman–Crippen MR) is 107 cm³/mol. The average Bonchev–Trinajstić information content (AvgIpc) is 3.03. The molecule has 0 aliphatic heterocycles. The van der Waals surface area contributed by atoms with Gasteiger partial charge in [0.15, 0.2) is 0 Å². The molecule has 0 bridgehead atoms. The van der Waals surface area contributed by atoms with Crippen LogP contribution in [0.3, 0.4) is 0 Å². The third-order valence-electron chi connectivity index (χ3n) is 4.96. The maximum atomic E-state index is 12.7. The van der Waals surface area contributed by atoms with E-state index in [-0.39, 0.29) is 12.0 Å². The van der Waals surface area contributed by atoms with Crippen molar-refractivity contribution < 1.29 is 9.15 Å². The molecule has 136 valence electrons. The van der Waals surface area contributed by atoms with Gasteiger partial charge in [-0.25, -0.2) is 4.79 Å². The molecule has 0 aliphatic carbocycles. The van der Waals surface area contributed by atoms with Gasteiger partial charge in [-0.3, -0.25) is 4.57 Å². The van der Waals surface area contributed by atoms with Crippen LogP contribution in [0.5, 0.6) is 5.95 Å². The smallest absolute Gasteiger partial charge is 0.422 e. The third-order valence-corrected chi connectivity index (χ3v) is 4.96. The second kappa shape index (κ2) is 7.16. The molecule has 1 aromatic heterocycles. The number of aromatic nitrogens is 1. The maximum absolute atomic E-state index is 12.7. The van der Waals surface area contributed by atoms with Gasteiger partial charge in [-0.1, -0.05) is 72.8 Å². The molecule has 0 spiro atoms. The van der Waals surface area contributed by atoms with Gasteiger partial charge in [-0.05, 0) is 28.8 Å². The molecule has 4 heteroatoms. The van der Waals surface area contributed by atoms with Gasteiger partial charge in [0.25, 0.3) is 0 Å². The van der Waals surface area contributed by atoms with E-state index in [0.29, 0.717) is 6.42 Å². The van der Waals surface area contributed by atoms with Gasteiger partial charge in [0.1, 0.15) is 5.69 Å². The van der Waals surface area contributed by atoms with Crippen LogP contribution < -0.4 is 10.5 Å². The van der Waals surface area contributed by atoms with Gasteiger partial charge in [0, 0.05) is 6.42 Å². The van der Waals surface area contributed by atoms with Crippen LogP contribution >= 0.6 is 0 Å². The summed E-state index contributed by atoms with van der Waals surface area (Å²) >= 11 is 0. The second-order valence-corrected chi connectivity index (χ2v) is 6.58. The Morgan fingerprint density at radius 2 is 1.67 bits per heavy atom. The topological polar surface area (TPSA) is 44.4 Å². The first kappa shape index (κ1) is 17.2. The molecule has 4 nitrogen and oxygen atoms in total. The first-order chi connectivity index (χ1) is 13.2. The summed E-state index contributed by atoms with van der Waals surface area (Å²) in [5.74, 6) is -0.130. The highest BCUT2D eigenvalue weighted by Crippen LogP contribution is 2.30. The molecule has 1 atom stereocenters. The summed E-state index contributed by atoms with van der Waals surface area (Å²) in [6, 6.07) is 24.2. The van der Waals surface area contributed by atoms with Gasteiger partial charge in [0.2, 0.25) is 0 Å². The van der Waals surface area contributed by atoms with E-state index in [0.717, 1.165) is 27.6 Å². The molecule has 4 rings (SSSR count). The number of nitrogens with zero attached hydrogens (tertiary/aromatic N) is 1. The molecule has 0 saturated heterocycles. The summed E-state index contributed by atoms with van der Waals surface area (Å²) in [5, 5.41) is 2.28. The van der Waals surface area contributed by atoms with Crippen LogP contribution in [0.25, 0.3) is 10.8 Å². The van der Waals surface area contributed by atoms with E-state index in [2.05, 4.69) is 24.3 Å². The van der Waals surface area contributed by atoms with Crippen LogP contribution in [-0.2, 0) is 6.42 Å². The molecule has 3 aromatic carbocycles. The lowest BCUT2D eigenvalue weighted by Crippen LogP contribution is -2.22. The zero-order valence-corrected chi connectivity index (χ0v) is 15.4. The van der Waals surface area contributed by atoms with Gasteiger partial charge in [-0.2, -0.15) is 0 Å². The van der Waals surface area contributed by atoms with Crippen molar-refractivity contribution in [1.82, 2.24) is 4.57 Å². The number of hydrogen-bond acceptors (Lipinski definition) is 3. The molecule has 4 aromatic rings. The molecule has 0 aliphatic rings. The summed E-state index contributed by atoms with van der Waals surface area (Å²) in [6.07, 6.45) is 0.560. The van der Waals surface area contributed by atoms with Crippen LogP contribution in [0.4, 0.5) is 0 Å². The quantitative estimate of drug-likeness (QED) is 0.514. The Labute approximate surface area is 157 Å². The Balaban J connectivity index is 1.85. The van der Waals surface area contributed by atoms with Crippen molar-refractivity contribution in [2.24, 2.45) is 0 Å². The summed E-state index contributed by atoms with van der Waals surface area (Å²) in [6.45, 7) is 2.02. The van der Waals surface area contributed by atoms with Crippen LogP contribution in [0.2, 0.25) is 0 Å². The lowest BCUT2D eigenvalue weighted by Gasteiger charge is -2.17. The third kappa shape index (κ3) is 3.14. The minimum absolute atomic E-state index is 0.185. The number of oxazole rings is 1. The Morgan fingerprint density at radius 3 is 2.44 bits per heavy atom. The molecular weight excluding hydrogens is 338 g/mol. The van der Waals surface area contributed by atoms with Crippen molar-refractivity contribution in [2.45, 2.75) is 19.4 Å². The SMILES string of the molecule is COc1oc(=O)n(C(C)c2cccc3ccccc23)c1Cc1ccccc1. The largest absolute Gasteiger partial charge is 0.467 e. The Bertz CT molecular complexity index is 1120. The normalized spacial score (nSPS) is 12.2. The van der Waals surface area contributed by atoms with E-state index in [1.807, 2.05) is 55.5 Å². The highest BCUT2D eigenvalue weighted by Gasteiger charge is 2.23. The van der Waals surface area contributed by atoms with E-state index < -0.39 is 5.76 Å². The average molecular weight is 359 g/mol. The van der Waals surface area contributed by atoms with E-state index in [1.165, 1.54) is 7.11 Å². The van der Waals surface area contributed by atoms with Gasteiger partial charge < -0.3 is 9.15 Å². The van der Waals surface area contributed by atoms with E-state index in [9.17, 15) is 4.79 Å². The highest BCUT2D eigenvalue weighted by atomic mass is 16.6. The van der Waals surface area contributed by atoms with Crippen molar-refractivity contribution in [3.8, 4) is 5.95 Å². The zero-order valence-electron chi connectivity index (χ0n) is 15.4. The Kier molecular flexibility index (Phi) is 4.55. The van der Waals surface area contributed by atoms with Crippen LogP contribution in [-0.4, -0.2) is 11.7 Å². The molecule has 0 amide bonds. The number of hydrogen-bond donors (Lipinski definition) is 0. The van der Waals surface area contributed by atoms with Crippen molar-refractivity contribution in [1.29, 1.82) is 0 Å². The molecule has 27 heavy (non-hydrogen) atoms. The maximum Gasteiger partial charge on any atom is 0.422 e. The number of rotatable bonds is 5. The summed E-state index contributed by atoms with van der Waals surface area (Å²) in [7, 11) is 1.53. The molecule has 0 saturated carbocycles. The number of benzene rings is 3. The summed E-state index contributed by atoms with van der Waals surface area (Å²) < 4.78 is 12.5. The van der Waals surface area contributed by atoms with E-state index >= 15 is 0 Å². The number of methoxy groups -OCH3 is 1. The minimum atomic E-state index is -0.404. The molecule has 0 N–H and O–H groups in total. The fraction of sp³-hybridized carbons (Fsp3) is 0.174. The van der Waals surface area contributed by atoms with E-state index in [4.69, 9.17) is 9.15 Å². The summed E-state index contributed by atoms with van der Waals surface area (Å²) in [4.78, 5) is 12.7. The molecule has 0 fully saturated rings. The van der Waals surface area contributed by atoms with Crippen LogP contribution in [0.1, 0.15) is 29.8 Å². The van der Waals surface area contributed by atoms with E-state index in [1.54, 1.807) is 4.57 Å². The number of fused-ring (bicyclic) bond motifs is 1. The second-order valence-electron chi connectivity index (χ2n) is 6.58. The minimum Gasteiger partial charge on any atom is -0.467 e. The van der Waals surface area contributed by atoms with Gasteiger partial charge in [0.05, 0.1) is 13.2 Å². The van der Waals surface area contributed by atoms with Gasteiger partial charge in [-0.15, -0.1) is 0 Å². The standard InChI is InChI=1S/C23H21NO3/c1-16(19-14-8-12-18-11-6-7-13-20(18)19)24-21(22(26-2)27-23(24)25)15-17-9-4-3-5-10-17/h3-14,16H,15H2,1-2H3. The predicted octanol–water partition coefficient (Wildman–Crippen LogP) is 4.80. The van der Waals surface area contributed by atoms with Gasteiger partial charge >= 0.3 is 11.7 Å². The Hall–Kier alpha value is -3.27. The fourth-order valence-electron chi connectivity index (χ4n) is 3.65. The number of ether oxygens (including phenoxy) is 1. The van der Waals surface area contributed by atoms with Crippen molar-refractivity contribution in [3.05, 3.63) is 100 Å². The molecule has 0 radical (unpaired) electrons. The molecule has 1 heterocycles. The van der Waals surface area contributed by atoms with Crippen molar-refractivity contribution >= 4 is 10.8 Å². The lowest BCUT2D eigenvalue weighted by atomic mass is 9.99. The highest BCUT2D eigenvalue weighted by molar-refractivity contribution is 5.86.